The molecule has 1 unspecified atom stereocenters. The lowest BCUT2D eigenvalue weighted by Crippen LogP contribution is -2.28. The average molecular weight is 312 g/mol. The van der Waals surface area contributed by atoms with Crippen LogP contribution in [0, 0.1) is 21.4 Å². The lowest BCUT2D eigenvalue weighted by molar-refractivity contribution is -0.385. The molecule has 1 atom stereocenters. The van der Waals surface area contributed by atoms with E-state index in [0.717, 1.165) is 0 Å². The number of halogens is 1. The van der Waals surface area contributed by atoms with Gasteiger partial charge in [-0.3, -0.25) is 15.0 Å². The van der Waals surface area contributed by atoms with Crippen molar-refractivity contribution in [2.45, 2.75) is 25.9 Å². The highest BCUT2D eigenvalue weighted by molar-refractivity contribution is 9.10. The number of hydrogen-bond acceptors (Lipinski definition) is 4. The molecule has 0 aliphatic heterocycles. The van der Waals surface area contributed by atoms with Gasteiger partial charge in [-0.1, -0.05) is 15.9 Å². The number of nitriles is 1. The van der Waals surface area contributed by atoms with Gasteiger partial charge in [0.05, 0.1) is 17.4 Å². The van der Waals surface area contributed by atoms with E-state index in [9.17, 15) is 10.1 Å². The molecule has 5 nitrogen and oxygen atoms in total. The molecule has 0 fully saturated rings. The first-order chi connectivity index (χ1) is 8.45. The van der Waals surface area contributed by atoms with Crippen molar-refractivity contribution in [2.24, 2.45) is 0 Å². The van der Waals surface area contributed by atoms with Crippen molar-refractivity contribution in [3.05, 3.63) is 38.3 Å². The molecule has 0 spiro atoms. The predicted molar refractivity (Wildman–Crippen MR) is 72.0 cm³/mol. The summed E-state index contributed by atoms with van der Waals surface area (Å²) in [7, 11) is 1.85. The van der Waals surface area contributed by atoms with E-state index in [1.807, 2.05) is 18.9 Å². The van der Waals surface area contributed by atoms with E-state index in [-0.39, 0.29) is 16.7 Å². The number of nitrogens with zero attached hydrogens (tertiary/aromatic N) is 3. The number of rotatable bonds is 5. The fourth-order valence-corrected chi connectivity index (χ4v) is 1.90. The van der Waals surface area contributed by atoms with E-state index in [4.69, 9.17) is 5.26 Å². The highest BCUT2D eigenvalue weighted by Crippen LogP contribution is 2.25. The van der Waals surface area contributed by atoms with E-state index >= 15 is 0 Å². The summed E-state index contributed by atoms with van der Waals surface area (Å²) in [6, 6.07) is 7.18. The van der Waals surface area contributed by atoms with Gasteiger partial charge in [0.15, 0.2) is 0 Å². The fourth-order valence-electron chi connectivity index (χ4n) is 1.55. The number of benzene rings is 1. The smallest absolute Gasteiger partial charge is 0.275 e. The van der Waals surface area contributed by atoms with Crippen molar-refractivity contribution in [2.75, 3.05) is 7.05 Å². The standard InChI is InChI=1S/C12H14BrN3O2/c1-9(5-6-14)15(2)8-10-3-4-11(13)7-12(10)16(17)18/h3-4,7,9H,5,8H2,1-2H3. The van der Waals surface area contributed by atoms with E-state index < -0.39 is 0 Å². The Morgan fingerprint density at radius 2 is 2.28 bits per heavy atom. The second-order valence-electron chi connectivity index (χ2n) is 4.16. The first-order valence-electron chi connectivity index (χ1n) is 5.45. The lowest BCUT2D eigenvalue weighted by Gasteiger charge is -2.22. The molecule has 1 aromatic rings. The zero-order valence-electron chi connectivity index (χ0n) is 10.3. The van der Waals surface area contributed by atoms with E-state index in [1.54, 1.807) is 12.1 Å². The Morgan fingerprint density at radius 1 is 1.61 bits per heavy atom. The fraction of sp³-hybridized carbons (Fsp3) is 0.417. The largest absolute Gasteiger partial charge is 0.298 e. The van der Waals surface area contributed by atoms with E-state index in [0.29, 0.717) is 23.0 Å². The monoisotopic (exact) mass is 311 g/mol. The van der Waals surface area contributed by atoms with Crippen LogP contribution in [0.2, 0.25) is 0 Å². The van der Waals surface area contributed by atoms with E-state index in [2.05, 4.69) is 22.0 Å². The zero-order valence-corrected chi connectivity index (χ0v) is 11.8. The average Bonchev–Trinajstić information content (AvgIpc) is 2.31. The van der Waals surface area contributed by atoms with Crippen LogP contribution in [0.25, 0.3) is 0 Å². The molecule has 96 valence electrons. The van der Waals surface area contributed by atoms with Gasteiger partial charge in [-0.05, 0) is 26.1 Å². The van der Waals surface area contributed by atoms with Gasteiger partial charge in [0.2, 0.25) is 0 Å². The van der Waals surface area contributed by atoms with Crippen LogP contribution in [0.4, 0.5) is 5.69 Å². The normalized spacial score (nSPS) is 12.2. The van der Waals surface area contributed by atoms with Crippen molar-refractivity contribution in [1.82, 2.24) is 4.90 Å². The number of nitro benzene ring substituents is 1. The van der Waals surface area contributed by atoms with Crippen LogP contribution in [-0.4, -0.2) is 22.9 Å². The summed E-state index contributed by atoms with van der Waals surface area (Å²) < 4.78 is 0.686. The molecule has 0 bridgehead atoms. The molecular formula is C12H14BrN3O2. The minimum atomic E-state index is -0.386. The quantitative estimate of drug-likeness (QED) is 0.619. The van der Waals surface area contributed by atoms with Crippen molar-refractivity contribution in [3.63, 3.8) is 0 Å². The molecule has 6 heteroatoms. The summed E-state index contributed by atoms with van der Waals surface area (Å²) in [5.74, 6) is 0. The van der Waals surface area contributed by atoms with Crippen molar-refractivity contribution >= 4 is 21.6 Å². The predicted octanol–water partition coefficient (Wildman–Crippen LogP) is 3.09. The molecule has 0 amide bonds. The van der Waals surface area contributed by atoms with Gasteiger partial charge in [0, 0.05) is 28.7 Å². The van der Waals surface area contributed by atoms with Gasteiger partial charge in [-0.25, -0.2) is 0 Å². The van der Waals surface area contributed by atoms with Crippen LogP contribution in [0.15, 0.2) is 22.7 Å². The second-order valence-corrected chi connectivity index (χ2v) is 5.07. The minimum Gasteiger partial charge on any atom is -0.298 e. The maximum Gasteiger partial charge on any atom is 0.275 e. The summed E-state index contributed by atoms with van der Waals surface area (Å²) in [5.41, 5.74) is 0.746. The van der Waals surface area contributed by atoms with Gasteiger partial charge in [-0.2, -0.15) is 5.26 Å². The molecule has 1 rings (SSSR count). The first-order valence-corrected chi connectivity index (χ1v) is 6.25. The summed E-state index contributed by atoms with van der Waals surface area (Å²) in [6.45, 7) is 2.38. The van der Waals surface area contributed by atoms with E-state index in [1.165, 1.54) is 6.07 Å². The lowest BCUT2D eigenvalue weighted by atomic mass is 10.1. The molecular weight excluding hydrogens is 298 g/mol. The third kappa shape index (κ3) is 3.79. The van der Waals surface area contributed by atoms with Gasteiger partial charge in [-0.15, -0.1) is 0 Å². The molecule has 0 aliphatic rings. The number of nitro groups is 1. The Balaban J connectivity index is 2.91. The minimum absolute atomic E-state index is 0.0678. The Bertz CT molecular complexity index is 485. The zero-order chi connectivity index (χ0) is 13.7. The SMILES string of the molecule is CC(CC#N)N(C)Cc1ccc(Br)cc1[N+](=O)[O-]. The molecule has 0 aromatic heterocycles. The number of hydrogen-bond donors (Lipinski definition) is 0. The Kier molecular flexibility index (Phi) is 5.25. The van der Waals surface area contributed by atoms with Crippen LogP contribution >= 0.6 is 15.9 Å². The van der Waals surface area contributed by atoms with Crippen LogP contribution in [0.5, 0.6) is 0 Å². The molecule has 0 N–H and O–H groups in total. The van der Waals surface area contributed by atoms with Crippen molar-refractivity contribution in [1.29, 1.82) is 5.26 Å². The Hall–Kier alpha value is -1.45. The molecule has 1 aromatic carbocycles. The molecule has 0 radical (unpaired) electrons. The molecule has 0 saturated heterocycles. The first kappa shape index (κ1) is 14.6. The Labute approximate surface area is 114 Å². The summed E-state index contributed by atoms with van der Waals surface area (Å²) in [4.78, 5) is 12.5. The summed E-state index contributed by atoms with van der Waals surface area (Å²) in [6.07, 6.45) is 0.404. The second kappa shape index (κ2) is 6.47. The highest BCUT2D eigenvalue weighted by Gasteiger charge is 2.17. The Morgan fingerprint density at radius 3 is 2.83 bits per heavy atom. The molecule has 0 saturated carbocycles. The van der Waals surface area contributed by atoms with Gasteiger partial charge in [0.1, 0.15) is 0 Å². The summed E-state index contributed by atoms with van der Waals surface area (Å²) >= 11 is 3.22. The maximum absolute atomic E-state index is 11.0. The molecule has 0 aliphatic carbocycles. The molecule has 0 heterocycles. The molecule has 18 heavy (non-hydrogen) atoms. The highest BCUT2D eigenvalue weighted by atomic mass is 79.9. The van der Waals surface area contributed by atoms with Crippen molar-refractivity contribution < 1.29 is 4.92 Å². The van der Waals surface area contributed by atoms with Crippen LogP contribution in [-0.2, 0) is 6.54 Å². The van der Waals surface area contributed by atoms with Crippen molar-refractivity contribution in [3.8, 4) is 6.07 Å². The van der Waals surface area contributed by atoms with Gasteiger partial charge >= 0.3 is 0 Å². The topological polar surface area (TPSA) is 70.2 Å². The van der Waals surface area contributed by atoms with Gasteiger partial charge < -0.3 is 0 Å². The van der Waals surface area contributed by atoms with Crippen LogP contribution in [0.3, 0.4) is 0 Å². The third-order valence-corrected chi connectivity index (χ3v) is 3.30. The van der Waals surface area contributed by atoms with Crippen LogP contribution in [0.1, 0.15) is 18.9 Å². The maximum atomic E-state index is 11.0. The van der Waals surface area contributed by atoms with Crippen LogP contribution < -0.4 is 0 Å². The van der Waals surface area contributed by atoms with Gasteiger partial charge in [0.25, 0.3) is 5.69 Å². The third-order valence-electron chi connectivity index (χ3n) is 2.80. The summed E-state index contributed by atoms with van der Waals surface area (Å²) in [5, 5.41) is 19.6.